The Morgan fingerprint density at radius 3 is 2.56 bits per heavy atom. The predicted molar refractivity (Wildman–Crippen MR) is 69.0 cm³/mol. The van der Waals surface area contributed by atoms with Crippen LogP contribution in [0.15, 0.2) is 30.3 Å². The van der Waals surface area contributed by atoms with E-state index in [4.69, 9.17) is 11.5 Å². The number of nitrogens with two attached hydrogens (primary N) is 2. The number of anilines is 2. The molecule has 0 unspecified atom stereocenters. The summed E-state index contributed by atoms with van der Waals surface area (Å²) in [4.78, 5) is 0. The van der Waals surface area contributed by atoms with Gasteiger partial charge in [-0.15, -0.1) is 0 Å². The fraction of sp³-hybridized carbons (Fsp3) is 0.143. The van der Waals surface area contributed by atoms with Gasteiger partial charge in [0.15, 0.2) is 0 Å². The van der Waals surface area contributed by atoms with Crippen LogP contribution >= 0.6 is 0 Å². The van der Waals surface area contributed by atoms with Crippen LogP contribution in [0.3, 0.4) is 0 Å². The fourth-order valence-corrected chi connectivity index (χ4v) is 1.77. The van der Waals surface area contributed by atoms with E-state index in [1.54, 1.807) is 0 Å². The third-order valence-electron chi connectivity index (χ3n) is 2.89. The minimum Gasteiger partial charge on any atom is -0.398 e. The van der Waals surface area contributed by atoms with E-state index >= 15 is 0 Å². The maximum absolute atomic E-state index is 6.07. The van der Waals surface area contributed by atoms with E-state index in [9.17, 15) is 0 Å². The van der Waals surface area contributed by atoms with Crippen molar-refractivity contribution in [3.8, 4) is 11.1 Å². The molecule has 2 aromatic carbocycles. The second-order valence-corrected chi connectivity index (χ2v) is 3.97. The fourth-order valence-electron chi connectivity index (χ4n) is 1.77. The van der Waals surface area contributed by atoms with Gasteiger partial charge in [-0.1, -0.05) is 24.3 Å². The molecule has 1 radical (unpaired) electrons. The Hall–Kier alpha value is -1.96. The van der Waals surface area contributed by atoms with Crippen LogP contribution in [-0.2, 0) is 0 Å². The van der Waals surface area contributed by atoms with Gasteiger partial charge in [0.1, 0.15) is 0 Å². The molecular formula is C14H15N2. The highest BCUT2D eigenvalue weighted by Gasteiger charge is 2.08. The number of para-hydroxylation sites is 1. The second-order valence-electron chi connectivity index (χ2n) is 3.97. The molecule has 0 bridgehead atoms. The zero-order valence-corrected chi connectivity index (χ0v) is 9.54. The van der Waals surface area contributed by atoms with E-state index < -0.39 is 0 Å². The van der Waals surface area contributed by atoms with Crippen LogP contribution in [0.2, 0.25) is 0 Å². The Morgan fingerprint density at radius 1 is 1.06 bits per heavy atom. The van der Waals surface area contributed by atoms with Crippen LogP contribution in [0.1, 0.15) is 11.1 Å². The largest absolute Gasteiger partial charge is 0.398 e. The van der Waals surface area contributed by atoms with Gasteiger partial charge in [-0.3, -0.25) is 0 Å². The maximum Gasteiger partial charge on any atom is 0.0423 e. The van der Waals surface area contributed by atoms with Crippen molar-refractivity contribution in [2.75, 3.05) is 11.5 Å². The van der Waals surface area contributed by atoms with Crippen molar-refractivity contribution in [2.24, 2.45) is 0 Å². The van der Waals surface area contributed by atoms with Crippen LogP contribution in [0.25, 0.3) is 11.1 Å². The molecule has 0 atom stereocenters. The Kier molecular flexibility index (Phi) is 2.57. The zero-order valence-electron chi connectivity index (χ0n) is 9.54. The van der Waals surface area contributed by atoms with E-state index in [-0.39, 0.29) is 0 Å². The van der Waals surface area contributed by atoms with Gasteiger partial charge >= 0.3 is 0 Å². The summed E-state index contributed by atoms with van der Waals surface area (Å²) in [7, 11) is 0. The summed E-state index contributed by atoms with van der Waals surface area (Å²) in [5, 5.41) is 0. The number of hydrogen-bond acceptors (Lipinski definition) is 2. The van der Waals surface area contributed by atoms with Crippen molar-refractivity contribution < 1.29 is 0 Å². The third-order valence-corrected chi connectivity index (χ3v) is 2.89. The van der Waals surface area contributed by atoms with Gasteiger partial charge in [-0.25, -0.2) is 0 Å². The third kappa shape index (κ3) is 1.63. The molecule has 0 heterocycles. The van der Waals surface area contributed by atoms with E-state index in [2.05, 4.69) is 6.07 Å². The lowest BCUT2D eigenvalue weighted by atomic mass is 9.96. The number of benzene rings is 2. The standard InChI is InChI=1S/C14H15N2/c1-9-5-3-7-12(14(9)16)11-6-4-8-13(15)10(11)2/h3-5,7-8H,15-16H2,1-2H3. The Morgan fingerprint density at radius 2 is 1.81 bits per heavy atom. The molecule has 0 aliphatic carbocycles. The molecule has 2 aromatic rings. The topological polar surface area (TPSA) is 52.0 Å². The first-order valence-electron chi connectivity index (χ1n) is 5.23. The number of nitrogen functional groups attached to an aromatic ring is 2. The first-order chi connectivity index (χ1) is 7.61. The Bertz CT molecular complexity index is 481. The molecule has 0 saturated heterocycles. The van der Waals surface area contributed by atoms with Crippen LogP contribution < -0.4 is 11.5 Å². The molecule has 81 valence electrons. The van der Waals surface area contributed by atoms with Gasteiger partial charge in [-0.2, -0.15) is 0 Å². The minimum atomic E-state index is 0.773. The first-order valence-corrected chi connectivity index (χ1v) is 5.23. The lowest BCUT2D eigenvalue weighted by Gasteiger charge is -2.12. The van der Waals surface area contributed by atoms with Crippen molar-refractivity contribution in [1.82, 2.24) is 0 Å². The van der Waals surface area contributed by atoms with Crippen molar-refractivity contribution >= 4 is 11.4 Å². The highest BCUT2D eigenvalue weighted by Crippen LogP contribution is 2.32. The lowest BCUT2D eigenvalue weighted by Crippen LogP contribution is -1.97. The minimum absolute atomic E-state index is 0.773. The molecule has 0 fully saturated rings. The molecule has 4 N–H and O–H groups in total. The summed E-state index contributed by atoms with van der Waals surface area (Å²) in [6, 6.07) is 12.9. The molecule has 0 saturated carbocycles. The predicted octanol–water partition coefficient (Wildman–Crippen LogP) is 2.94. The van der Waals surface area contributed by atoms with E-state index in [0.29, 0.717) is 0 Å². The Balaban J connectivity index is 2.68. The second kappa shape index (κ2) is 3.89. The summed E-state index contributed by atoms with van der Waals surface area (Å²) in [6.45, 7) is 3.99. The molecule has 0 spiro atoms. The molecule has 0 aliphatic heterocycles. The number of rotatable bonds is 1. The molecule has 0 amide bonds. The van der Waals surface area contributed by atoms with Gasteiger partial charge < -0.3 is 11.5 Å². The summed E-state index contributed by atoms with van der Waals surface area (Å²) < 4.78 is 0. The first kappa shape index (κ1) is 10.6. The van der Waals surface area contributed by atoms with Crippen LogP contribution in [0.4, 0.5) is 11.4 Å². The highest BCUT2D eigenvalue weighted by atomic mass is 14.6. The molecule has 0 aliphatic rings. The van der Waals surface area contributed by atoms with Crippen molar-refractivity contribution in [1.29, 1.82) is 0 Å². The van der Waals surface area contributed by atoms with E-state index in [1.165, 1.54) is 0 Å². The van der Waals surface area contributed by atoms with Gasteiger partial charge in [0.25, 0.3) is 0 Å². The highest BCUT2D eigenvalue weighted by molar-refractivity contribution is 5.82. The van der Waals surface area contributed by atoms with Crippen molar-refractivity contribution in [2.45, 2.75) is 13.8 Å². The molecule has 0 aromatic heterocycles. The molecule has 2 nitrogen and oxygen atoms in total. The van der Waals surface area contributed by atoms with Gasteiger partial charge in [0.2, 0.25) is 0 Å². The van der Waals surface area contributed by atoms with Gasteiger partial charge in [-0.05, 0) is 42.7 Å². The molecule has 2 heteroatoms. The van der Waals surface area contributed by atoms with E-state index in [0.717, 1.165) is 33.6 Å². The normalized spacial score (nSPS) is 10.4. The maximum atomic E-state index is 6.07. The number of hydrogen-bond donors (Lipinski definition) is 2. The van der Waals surface area contributed by atoms with Crippen LogP contribution in [0, 0.1) is 19.9 Å². The summed E-state index contributed by atoms with van der Waals surface area (Å²) in [5.74, 6) is 0. The average molecular weight is 211 g/mol. The van der Waals surface area contributed by atoms with E-state index in [1.807, 2.05) is 44.2 Å². The summed E-state index contributed by atoms with van der Waals surface area (Å²) in [6.07, 6.45) is 0. The van der Waals surface area contributed by atoms with Crippen LogP contribution in [0.5, 0.6) is 0 Å². The van der Waals surface area contributed by atoms with Crippen molar-refractivity contribution in [3.05, 3.63) is 47.5 Å². The quantitative estimate of drug-likeness (QED) is 0.712. The summed E-state index contributed by atoms with van der Waals surface area (Å²) in [5.41, 5.74) is 17.6. The Labute approximate surface area is 95.9 Å². The van der Waals surface area contributed by atoms with Crippen LogP contribution in [-0.4, -0.2) is 0 Å². The average Bonchev–Trinajstić information content (AvgIpc) is 2.27. The SMILES string of the molecule is Cc1cccc(-c2[c]ccc(N)c2C)c1N. The van der Waals surface area contributed by atoms with Gasteiger partial charge in [0.05, 0.1) is 0 Å². The molecular weight excluding hydrogens is 196 g/mol. The summed E-state index contributed by atoms with van der Waals surface area (Å²) >= 11 is 0. The van der Waals surface area contributed by atoms with Crippen molar-refractivity contribution in [3.63, 3.8) is 0 Å². The number of aryl methyl sites for hydroxylation is 1. The smallest absolute Gasteiger partial charge is 0.0423 e. The monoisotopic (exact) mass is 211 g/mol. The molecule has 16 heavy (non-hydrogen) atoms. The van der Waals surface area contributed by atoms with Gasteiger partial charge in [0, 0.05) is 16.9 Å². The zero-order chi connectivity index (χ0) is 11.7. The molecule has 2 rings (SSSR count). The lowest BCUT2D eigenvalue weighted by molar-refractivity contribution is 1.42.